The van der Waals surface area contributed by atoms with Crippen LogP contribution in [-0.4, -0.2) is 46.8 Å². The Morgan fingerprint density at radius 1 is 1.29 bits per heavy atom. The van der Waals surface area contributed by atoms with Crippen LogP contribution in [0.5, 0.6) is 0 Å². The number of aromatic nitrogens is 1. The Bertz CT molecular complexity index is 1060. The molecule has 1 aromatic carbocycles. The SMILES string of the molecule is CCOCCCNC(=O)[C@@H]1c2c(n(C)c3ccccc23)SCC(=O)N1Cc1ccco1. The van der Waals surface area contributed by atoms with Gasteiger partial charge in [-0.25, -0.2) is 0 Å². The van der Waals surface area contributed by atoms with Crippen molar-refractivity contribution in [2.24, 2.45) is 7.05 Å². The molecule has 31 heavy (non-hydrogen) atoms. The number of nitrogens with zero attached hydrogens (tertiary/aromatic N) is 2. The Balaban J connectivity index is 1.73. The largest absolute Gasteiger partial charge is 0.467 e. The topological polar surface area (TPSA) is 76.7 Å². The minimum absolute atomic E-state index is 0.0869. The van der Waals surface area contributed by atoms with E-state index in [4.69, 9.17) is 9.15 Å². The van der Waals surface area contributed by atoms with Crippen molar-refractivity contribution < 1.29 is 18.7 Å². The Labute approximate surface area is 185 Å². The summed E-state index contributed by atoms with van der Waals surface area (Å²) < 4.78 is 13.0. The Morgan fingerprint density at radius 3 is 2.90 bits per heavy atom. The molecule has 1 aliphatic heterocycles. The molecule has 0 unspecified atom stereocenters. The molecule has 0 bridgehead atoms. The fourth-order valence-corrected chi connectivity index (χ4v) is 5.10. The number of hydrogen-bond acceptors (Lipinski definition) is 5. The number of para-hydroxylation sites is 1. The molecule has 4 rings (SSSR count). The normalized spacial score (nSPS) is 16.4. The van der Waals surface area contributed by atoms with Gasteiger partial charge < -0.3 is 23.9 Å². The van der Waals surface area contributed by atoms with Gasteiger partial charge in [-0.3, -0.25) is 9.59 Å². The summed E-state index contributed by atoms with van der Waals surface area (Å²) in [6.07, 6.45) is 2.30. The lowest BCUT2D eigenvalue weighted by molar-refractivity contribution is -0.139. The van der Waals surface area contributed by atoms with Crippen LogP contribution in [0.4, 0.5) is 0 Å². The summed E-state index contributed by atoms with van der Waals surface area (Å²) in [5, 5.41) is 4.96. The number of amides is 2. The zero-order valence-corrected chi connectivity index (χ0v) is 18.6. The number of hydrogen-bond donors (Lipinski definition) is 1. The first-order valence-corrected chi connectivity index (χ1v) is 11.5. The molecule has 3 heterocycles. The average Bonchev–Trinajstić information content (AvgIpc) is 3.35. The molecular formula is C23H27N3O4S. The molecule has 1 atom stereocenters. The summed E-state index contributed by atoms with van der Waals surface area (Å²) in [7, 11) is 1.98. The van der Waals surface area contributed by atoms with Gasteiger partial charge in [-0.15, -0.1) is 0 Å². The minimum atomic E-state index is -0.735. The van der Waals surface area contributed by atoms with Gasteiger partial charge in [0.1, 0.15) is 11.8 Å². The maximum Gasteiger partial charge on any atom is 0.247 e. The smallest absolute Gasteiger partial charge is 0.247 e. The van der Waals surface area contributed by atoms with Crippen LogP contribution in [0.3, 0.4) is 0 Å². The molecule has 0 aliphatic carbocycles. The number of fused-ring (bicyclic) bond motifs is 3. The standard InChI is InChI=1S/C23H27N3O4S/c1-3-29-12-7-11-24-22(28)21-20-17-9-4-5-10-18(17)25(2)23(20)31-15-19(27)26(21)14-16-8-6-13-30-16/h4-6,8-10,13,21H,3,7,11-12,14-15H2,1-2H3,(H,24,28)/t21-/m0/s1. The molecular weight excluding hydrogens is 414 g/mol. The third-order valence-corrected chi connectivity index (χ3v) is 6.61. The number of nitrogens with one attached hydrogen (secondary N) is 1. The Hall–Kier alpha value is -2.71. The van der Waals surface area contributed by atoms with Crippen molar-refractivity contribution in [3.8, 4) is 0 Å². The number of benzene rings is 1. The zero-order valence-electron chi connectivity index (χ0n) is 17.8. The first-order valence-electron chi connectivity index (χ1n) is 10.5. The second-order valence-electron chi connectivity index (χ2n) is 7.43. The lowest BCUT2D eigenvalue weighted by Crippen LogP contribution is -2.43. The van der Waals surface area contributed by atoms with Gasteiger partial charge in [0.05, 0.1) is 23.6 Å². The highest BCUT2D eigenvalue weighted by atomic mass is 32.2. The Morgan fingerprint density at radius 2 is 2.13 bits per heavy atom. The molecule has 1 aliphatic rings. The van der Waals surface area contributed by atoms with E-state index in [0.717, 1.165) is 27.9 Å². The second-order valence-corrected chi connectivity index (χ2v) is 8.39. The summed E-state index contributed by atoms with van der Waals surface area (Å²) >= 11 is 1.48. The van der Waals surface area contributed by atoms with E-state index in [-0.39, 0.29) is 24.1 Å². The highest BCUT2D eigenvalue weighted by Crippen LogP contribution is 2.42. The number of carbonyl (C=O) groups excluding carboxylic acids is 2. The highest BCUT2D eigenvalue weighted by Gasteiger charge is 2.39. The van der Waals surface area contributed by atoms with E-state index in [2.05, 4.69) is 9.88 Å². The molecule has 8 heteroatoms. The first-order chi connectivity index (χ1) is 15.1. The molecule has 0 saturated carbocycles. The van der Waals surface area contributed by atoms with Crippen molar-refractivity contribution >= 4 is 34.5 Å². The van der Waals surface area contributed by atoms with Gasteiger partial charge >= 0.3 is 0 Å². The zero-order chi connectivity index (χ0) is 21.8. The van der Waals surface area contributed by atoms with Crippen LogP contribution < -0.4 is 5.32 Å². The molecule has 2 amide bonds. The van der Waals surface area contributed by atoms with E-state index in [1.807, 2.05) is 44.3 Å². The van der Waals surface area contributed by atoms with Crippen molar-refractivity contribution in [1.82, 2.24) is 14.8 Å². The number of thioether (sulfide) groups is 1. The molecule has 0 fully saturated rings. The predicted molar refractivity (Wildman–Crippen MR) is 120 cm³/mol. The number of carbonyl (C=O) groups is 2. The van der Waals surface area contributed by atoms with E-state index in [9.17, 15) is 9.59 Å². The van der Waals surface area contributed by atoms with Crippen LogP contribution in [0.2, 0.25) is 0 Å². The van der Waals surface area contributed by atoms with Crippen molar-refractivity contribution in [3.63, 3.8) is 0 Å². The number of furan rings is 1. The molecule has 3 aromatic rings. The van der Waals surface area contributed by atoms with Gasteiger partial charge in [-0.05, 0) is 31.5 Å². The van der Waals surface area contributed by atoms with Crippen LogP contribution in [0, 0.1) is 0 Å². The van der Waals surface area contributed by atoms with Crippen molar-refractivity contribution in [2.75, 3.05) is 25.5 Å². The minimum Gasteiger partial charge on any atom is -0.467 e. The van der Waals surface area contributed by atoms with E-state index >= 15 is 0 Å². The fourth-order valence-electron chi connectivity index (χ4n) is 4.00. The summed E-state index contributed by atoms with van der Waals surface area (Å²) in [5.41, 5.74) is 1.92. The molecule has 1 N–H and O–H groups in total. The average molecular weight is 442 g/mol. The van der Waals surface area contributed by atoms with Crippen LogP contribution >= 0.6 is 11.8 Å². The lowest BCUT2D eigenvalue weighted by atomic mass is 10.0. The van der Waals surface area contributed by atoms with Crippen LogP contribution in [-0.2, 0) is 27.9 Å². The monoisotopic (exact) mass is 441 g/mol. The van der Waals surface area contributed by atoms with E-state index < -0.39 is 6.04 Å². The number of aryl methyl sites for hydroxylation is 1. The van der Waals surface area contributed by atoms with Gasteiger partial charge in [0, 0.05) is 43.3 Å². The van der Waals surface area contributed by atoms with Crippen LogP contribution in [0.1, 0.15) is 30.7 Å². The van der Waals surface area contributed by atoms with Crippen molar-refractivity contribution in [3.05, 3.63) is 54.0 Å². The van der Waals surface area contributed by atoms with E-state index in [0.29, 0.717) is 25.5 Å². The predicted octanol–water partition coefficient (Wildman–Crippen LogP) is 3.49. The summed E-state index contributed by atoms with van der Waals surface area (Å²) in [5.74, 6) is 0.648. The molecule has 7 nitrogen and oxygen atoms in total. The summed E-state index contributed by atoms with van der Waals surface area (Å²) in [6.45, 7) is 3.92. The lowest BCUT2D eigenvalue weighted by Gasteiger charge is -2.29. The van der Waals surface area contributed by atoms with Crippen LogP contribution in [0.25, 0.3) is 10.9 Å². The maximum atomic E-state index is 13.5. The van der Waals surface area contributed by atoms with Gasteiger partial charge in [-0.1, -0.05) is 30.0 Å². The van der Waals surface area contributed by atoms with E-state index in [1.54, 1.807) is 17.2 Å². The molecule has 164 valence electrons. The summed E-state index contributed by atoms with van der Waals surface area (Å²) in [6, 6.07) is 10.9. The molecule has 0 spiro atoms. The van der Waals surface area contributed by atoms with Gasteiger partial charge in [0.25, 0.3) is 0 Å². The molecule has 0 saturated heterocycles. The van der Waals surface area contributed by atoms with Crippen LogP contribution in [0.15, 0.2) is 52.1 Å². The highest BCUT2D eigenvalue weighted by molar-refractivity contribution is 8.00. The second kappa shape index (κ2) is 9.62. The molecule has 2 aromatic heterocycles. The quantitative estimate of drug-likeness (QED) is 0.542. The van der Waals surface area contributed by atoms with Crippen molar-refractivity contribution in [1.29, 1.82) is 0 Å². The van der Waals surface area contributed by atoms with E-state index in [1.165, 1.54) is 11.8 Å². The van der Waals surface area contributed by atoms with Gasteiger partial charge in [-0.2, -0.15) is 0 Å². The van der Waals surface area contributed by atoms with Gasteiger partial charge in [0.15, 0.2) is 0 Å². The number of ether oxygens (including phenoxy) is 1. The molecule has 0 radical (unpaired) electrons. The van der Waals surface area contributed by atoms with Gasteiger partial charge in [0.2, 0.25) is 11.8 Å². The third-order valence-electron chi connectivity index (χ3n) is 5.45. The fraction of sp³-hybridized carbons (Fsp3) is 0.391. The number of rotatable bonds is 8. The third kappa shape index (κ3) is 4.36. The first kappa shape index (κ1) is 21.5. The maximum absolute atomic E-state index is 13.5. The van der Waals surface area contributed by atoms with Crippen molar-refractivity contribution in [2.45, 2.75) is 31.0 Å². The summed E-state index contributed by atoms with van der Waals surface area (Å²) in [4.78, 5) is 28.3. The Kier molecular flexibility index (Phi) is 6.67.